The molecule has 1 aromatic heterocycles. The van der Waals surface area contributed by atoms with Crippen LogP contribution < -0.4 is 5.32 Å². The normalized spacial score (nSPS) is 13.7. The highest BCUT2D eigenvalue weighted by Gasteiger charge is 2.20. The van der Waals surface area contributed by atoms with E-state index in [4.69, 9.17) is 4.42 Å². The molecule has 0 spiro atoms. The van der Waals surface area contributed by atoms with Gasteiger partial charge < -0.3 is 14.6 Å². The van der Waals surface area contributed by atoms with E-state index in [1.807, 2.05) is 30.0 Å². The molecule has 30 heavy (non-hydrogen) atoms. The van der Waals surface area contributed by atoms with Crippen LogP contribution in [0.3, 0.4) is 0 Å². The molecule has 0 atom stereocenters. The van der Waals surface area contributed by atoms with Crippen molar-refractivity contribution in [1.82, 2.24) is 10.2 Å². The maximum atomic E-state index is 12.5. The minimum absolute atomic E-state index is 0.134. The lowest BCUT2D eigenvalue weighted by molar-refractivity contribution is -0.128. The number of carbonyl (C=O) groups excluding carboxylic acids is 2. The van der Waals surface area contributed by atoms with Crippen LogP contribution in [-0.4, -0.2) is 23.3 Å². The van der Waals surface area contributed by atoms with Gasteiger partial charge in [0, 0.05) is 26.1 Å². The molecule has 5 nitrogen and oxygen atoms in total. The maximum Gasteiger partial charge on any atom is 0.255 e. The molecule has 1 fully saturated rings. The molecule has 0 radical (unpaired) electrons. The molecule has 3 aromatic rings. The number of amides is 2. The van der Waals surface area contributed by atoms with E-state index in [2.05, 4.69) is 35.6 Å². The summed E-state index contributed by atoms with van der Waals surface area (Å²) in [5.41, 5.74) is 4.93. The van der Waals surface area contributed by atoms with Crippen molar-refractivity contribution in [2.75, 3.05) is 6.54 Å². The van der Waals surface area contributed by atoms with Gasteiger partial charge in [0.1, 0.15) is 11.5 Å². The first-order chi connectivity index (χ1) is 14.5. The van der Waals surface area contributed by atoms with Crippen LogP contribution in [0.25, 0.3) is 11.1 Å². The molecule has 4 rings (SSSR count). The summed E-state index contributed by atoms with van der Waals surface area (Å²) in [5.74, 6) is 1.46. The van der Waals surface area contributed by atoms with E-state index in [0.717, 1.165) is 41.0 Å². The first kappa shape index (κ1) is 20.0. The Hall–Kier alpha value is -3.34. The molecule has 154 valence electrons. The summed E-state index contributed by atoms with van der Waals surface area (Å²) in [6, 6.07) is 18.2. The SMILES string of the molecule is Cc1cc(C(=O)NCc2ccccc2-c2ccc(CN3CCCC3=O)cc2)c(C)o1. The van der Waals surface area contributed by atoms with Crippen LogP contribution >= 0.6 is 0 Å². The molecule has 0 aliphatic carbocycles. The van der Waals surface area contributed by atoms with Gasteiger partial charge in [0.25, 0.3) is 5.91 Å². The van der Waals surface area contributed by atoms with Gasteiger partial charge in [-0.1, -0.05) is 48.5 Å². The second-order valence-corrected chi connectivity index (χ2v) is 7.78. The highest BCUT2D eigenvalue weighted by atomic mass is 16.3. The van der Waals surface area contributed by atoms with E-state index in [0.29, 0.717) is 30.8 Å². The largest absolute Gasteiger partial charge is 0.466 e. The standard InChI is InChI=1S/C25H26N2O3/c1-17-14-23(18(2)30-17)25(29)26-15-21-6-3-4-7-22(21)20-11-9-19(10-12-20)16-27-13-5-8-24(27)28/h3-4,6-7,9-12,14H,5,8,13,15-16H2,1-2H3,(H,26,29). The molecule has 1 saturated heterocycles. The number of rotatable bonds is 6. The first-order valence-electron chi connectivity index (χ1n) is 10.3. The molecule has 2 heterocycles. The number of likely N-dealkylation sites (tertiary alicyclic amines) is 1. The fourth-order valence-electron chi connectivity index (χ4n) is 3.96. The summed E-state index contributed by atoms with van der Waals surface area (Å²) in [4.78, 5) is 26.3. The topological polar surface area (TPSA) is 62.6 Å². The lowest BCUT2D eigenvalue weighted by Crippen LogP contribution is -2.23. The second kappa shape index (κ2) is 8.57. The molecule has 1 aliphatic heterocycles. The van der Waals surface area contributed by atoms with Crippen LogP contribution in [0.1, 0.15) is 45.8 Å². The Morgan fingerprint density at radius 1 is 1.10 bits per heavy atom. The van der Waals surface area contributed by atoms with Gasteiger partial charge in [0.2, 0.25) is 5.91 Å². The number of hydrogen-bond acceptors (Lipinski definition) is 3. The molecule has 0 saturated carbocycles. The summed E-state index contributed by atoms with van der Waals surface area (Å²) in [5, 5.41) is 3.00. The zero-order valence-electron chi connectivity index (χ0n) is 17.4. The molecular formula is C25H26N2O3. The Labute approximate surface area is 176 Å². The molecule has 2 amide bonds. The zero-order valence-corrected chi connectivity index (χ0v) is 17.4. The van der Waals surface area contributed by atoms with Crippen molar-refractivity contribution in [3.05, 3.63) is 82.8 Å². The lowest BCUT2D eigenvalue weighted by atomic mass is 9.98. The van der Waals surface area contributed by atoms with E-state index in [1.165, 1.54) is 0 Å². The third-order valence-electron chi connectivity index (χ3n) is 5.55. The Kier molecular flexibility index (Phi) is 5.70. The van der Waals surface area contributed by atoms with Crippen LogP contribution in [0.2, 0.25) is 0 Å². The average molecular weight is 402 g/mol. The number of carbonyl (C=O) groups is 2. The fourth-order valence-corrected chi connectivity index (χ4v) is 3.96. The Bertz CT molecular complexity index is 1070. The molecule has 1 aliphatic rings. The van der Waals surface area contributed by atoms with Gasteiger partial charge in [-0.15, -0.1) is 0 Å². The van der Waals surface area contributed by atoms with Crippen LogP contribution in [0.4, 0.5) is 0 Å². The minimum Gasteiger partial charge on any atom is -0.466 e. The molecular weight excluding hydrogens is 376 g/mol. The van der Waals surface area contributed by atoms with E-state index in [-0.39, 0.29) is 11.8 Å². The number of aryl methyl sites for hydroxylation is 2. The number of furan rings is 1. The van der Waals surface area contributed by atoms with Crippen molar-refractivity contribution < 1.29 is 14.0 Å². The van der Waals surface area contributed by atoms with E-state index in [1.54, 1.807) is 13.0 Å². The van der Waals surface area contributed by atoms with Gasteiger partial charge in [-0.05, 0) is 48.6 Å². The lowest BCUT2D eigenvalue weighted by Gasteiger charge is -2.16. The van der Waals surface area contributed by atoms with Crippen LogP contribution in [0, 0.1) is 13.8 Å². The summed E-state index contributed by atoms with van der Waals surface area (Å²) in [7, 11) is 0. The van der Waals surface area contributed by atoms with Gasteiger partial charge in [-0.2, -0.15) is 0 Å². The van der Waals surface area contributed by atoms with Crippen molar-refractivity contribution in [2.45, 2.75) is 39.8 Å². The number of benzene rings is 2. The number of nitrogens with zero attached hydrogens (tertiary/aromatic N) is 1. The monoisotopic (exact) mass is 402 g/mol. The number of nitrogens with one attached hydrogen (secondary N) is 1. The third kappa shape index (κ3) is 4.30. The molecule has 1 N–H and O–H groups in total. The van der Waals surface area contributed by atoms with Gasteiger partial charge in [-0.3, -0.25) is 9.59 Å². The Morgan fingerprint density at radius 2 is 1.87 bits per heavy atom. The molecule has 5 heteroatoms. The van der Waals surface area contributed by atoms with E-state index in [9.17, 15) is 9.59 Å². The van der Waals surface area contributed by atoms with Crippen molar-refractivity contribution in [3.63, 3.8) is 0 Å². The van der Waals surface area contributed by atoms with Gasteiger partial charge in [0.15, 0.2) is 0 Å². The Balaban J connectivity index is 1.47. The molecule has 0 unspecified atom stereocenters. The van der Waals surface area contributed by atoms with Crippen LogP contribution in [-0.2, 0) is 17.9 Å². The second-order valence-electron chi connectivity index (χ2n) is 7.78. The van der Waals surface area contributed by atoms with E-state index < -0.39 is 0 Å². The predicted molar refractivity (Wildman–Crippen MR) is 116 cm³/mol. The minimum atomic E-state index is -0.134. The van der Waals surface area contributed by atoms with Gasteiger partial charge in [-0.25, -0.2) is 0 Å². The highest BCUT2D eigenvalue weighted by molar-refractivity contribution is 5.95. The van der Waals surface area contributed by atoms with Crippen molar-refractivity contribution in [1.29, 1.82) is 0 Å². The number of hydrogen-bond donors (Lipinski definition) is 1. The summed E-state index contributed by atoms with van der Waals surface area (Å²) in [6.45, 7) is 5.58. The average Bonchev–Trinajstić information content (AvgIpc) is 3.31. The first-order valence-corrected chi connectivity index (χ1v) is 10.3. The molecule has 0 bridgehead atoms. The van der Waals surface area contributed by atoms with Gasteiger partial charge in [0.05, 0.1) is 5.56 Å². The third-order valence-corrected chi connectivity index (χ3v) is 5.55. The predicted octanol–water partition coefficient (Wildman–Crippen LogP) is 4.62. The van der Waals surface area contributed by atoms with Crippen molar-refractivity contribution in [3.8, 4) is 11.1 Å². The van der Waals surface area contributed by atoms with Crippen molar-refractivity contribution >= 4 is 11.8 Å². The van der Waals surface area contributed by atoms with Crippen molar-refractivity contribution in [2.24, 2.45) is 0 Å². The molecule has 2 aromatic carbocycles. The zero-order chi connectivity index (χ0) is 21.1. The Morgan fingerprint density at radius 3 is 2.53 bits per heavy atom. The smallest absolute Gasteiger partial charge is 0.255 e. The van der Waals surface area contributed by atoms with Crippen LogP contribution in [0.15, 0.2) is 59.0 Å². The van der Waals surface area contributed by atoms with Crippen LogP contribution in [0.5, 0.6) is 0 Å². The quantitative estimate of drug-likeness (QED) is 0.655. The summed E-state index contributed by atoms with van der Waals surface area (Å²) < 4.78 is 5.46. The maximum absolute atomic E-state index is 12.5. The van der Waals surface area contributed by atoms with Gasteiger partial charge >= 0.3 is 0 Å². The highest BCUT2D eigenvalue weighted by Crippen LogP contribution is 2.25. The summed E-state index contributed by atoms with van der Waals surface area (Å²) in [6.07, 6.45) is 1.61. The fraction of sp³-hybridized carbons (Fsp3) is 0.280. The van der Waals surface area contributed by atoms with E-state index >= 15 is 0 Å². The summed E-state index contributed by atoms with van der Waals surface area (Å²) >= 11 is 0.